The Kier molecular flexibility index (Phi) is 8.51. The molecule has 222 valence electrons. The van der Waals surface area contributed by atoms with E-state index >= 15 is 0 Å². The third-order valence-electron chi connectivity index (χ3n) is 8.45. The number of benzene rings is 2. The first-order valence-electron chi connectivity index (χ1n) is 15.1. The predicted molar refractivity (Wildman–Crippen MR) is 165 cm³/mol. The van der Waals surface area contributed by atoms with Crippen LogP contribution in [0.15, 0.2) is 91.2 Å². The van der Waals surface area contributed by atoms with Crippen molar-refractivity contribution in [3.05, 3.63) is 102 Å². The van der Waals surface area contributed by atoms with E-state index in [0.29, 0.717) is 32.6 Å². The maximum Gasteiger partial charge on any atom is 0.332 e. The predicted octanol–water partition coefficient (Wildman–Crippen LogP) is 4.13. The zero-order valence-corrected chi connectivity index (χ0v) is 24.5. The molecule has 4 amide bonds. The van der Waals surface area contributed by atoms with E-state index in [1.807, 2.05) is 89.6 Å². The van der Waals surface area contributed by atoms with Crippen LogP contribution in [0.1, 0.15) is 30.9 Å². The van der Waals surface area contributed by atoms with Crippen LogP contribution in [0.4, 0.5) is 4.79 Å². The van der Waals surface area contributed by atoms with Gasteiger partial charge >= 0.3 is 6.03 Å². The van der Waals surface area contributed by atoms with Crippen LogP contribution < -0.4 is 5.32 Å². The first-order valence-corrected chi connectivity index (χ1v) is 15.1. The summed E-state index contributed by atoms with van der Waals surface area (Å²) in [5.41, 5.74) is 2.83. The van der Waals surface area contributed by atoms with Crippen LogP contribution in [0.25, 0.3) is 10.9 Å². The lowest BCUT2D eigenvalue weighted by Crippen LogP contribution is -2.66. The van der Waals surface area contributed by atoms with Gasteiger partial charge in [-0.05, 0) is 42.0 Å². The number of carbonyl (C=O) groups excluding carboxylic acids is 3. The third kappa shape index (κ3) is 6.17. The number of urea groups is 1. The molecule has 1 N–H and O–H groups in total. The van der Waals surface area contributed by atoms with E-state index in [9.17, 15) is 14.4 Å². The lowest BCUT2D eigenvalue weighted by molar-refractivity contribution is -0.157. The quantitative estimate of drug-likeness (QED) is 0.413. The molecule has 3 aliphatic rings. The van der Waals surface area contributed by atoms with E-state index in [1.165, 1.54) is 0 Å². The van der Waals surface area contributed by atoms with E-state index < -0.39 is 12.2 Å². The van der Waals surface area contributed by atoms with Crippen molar-refractivity contribution in [2.45, 2.75) is 44.9 Å². The van der Waals surface area contributed by atoms with Crippen LogP contribution in [-0.2, 0) is 22.6 Å². The maximum absolute atomic E-state index is 14.1. The van der Waals surface area contributed by atoms with Gasteiger partial charge in [0.15, 0.2) is 0 Å². The number of nitrogens with one attached hydrogen (secondary N) is 1. The summed E-state index contributed by atoms with van der Waals surface area (Å²) in [5.74, 6) is 0.0202. The number of pyridine rings is 1. The van der Waals surface area contributed by atoms with Gasteiger partial charge in [0.05, 0.1) is 18.6 Å². The van der Waals surface area contributed by atoms with Gasteiger partial charge in [-0.15, -0.1) is 0 Å². The Morgan fingerprint density at radius 2 is 1.91 bits per heavy atom. The van der Waals surface area contributed by atoms with Crippen molar-refractivity contribution in [3.8, 4) is 0 Å². The molecule has 43 heavy (non-hydrogen) atoms. The molecule has 0 bridgehead atoms. The van der Waals surface area contributed by atoms with Crippen LogP contribution in [0.2, 0.25) is 0 Å². The van der Waals surface area contributed by atoms with Gasteiger partial charge in [-0.25, -0.2) is 4.79 Å². The van der Waals surface area contributed by atoms with Crippen molar-refractivity contribution in [2.75, 3.05) is 26.2 Å². The highest BCUT2D eigenvalue weighted by atomic mass is 16.2. The monoisotopic (exact) mass is 578 g/mol. The molecule has 3 atom stereocenters. The molecule has 0 saturated carbocycles. The molecule has 2 fully saturated rings. The van der Waals surface area contributed by atoms with Gasteiger partial charge in [0.2, 0.25) is 11.8 Å². The van der Waals surface area contributed by atoms with Crippen LogP contribution >= 0.6 is 0 Å². The number of hydrazine groups is 1. The first-order chi connectivity index (χ1) is 21.0. The molecule has 0 spiro atoms. The lowest BCUT2D eigenvalue weighted by Gasteiger charge is -2.46. The Hall–Kier alpha value is -4.50. The second kappa shape index (κ2) is 12.8. The molecule has 1 aromatic heterocycles. The Morgan fingerprint density at radius 3 is 2.70 bits per heavy atom. The van der Waals surface area contributed by atoms with E-state index in [1.54, 1.807) is 16.1 Å². The highest BCUT2D eigenvalue weighted by Crippen LogP contribution is 2.30. The van der Waals surface area contributed by atoms with Crippen molar-refractivity contribution in [2.24, 2.45) is 5.92 Å². The summed E-state index contributed by atoms with van der Waals surface area (Å²) < 4.78 is 0. The molecule has 1 aliphatic carbocycles. The number of fused-ring (bicyclic) bond motifs is 2. The van der Waals surface area contributed by atoms with E-state index in [-0.39, 0.29) is 30.3 Å². The molecule has 0 radical (unpaired) electrons. The average Bonchev–Trinajstić information content (AvgIpc) is 3.36. The lowest BCUT2D eigenvalue weighted by atomic mass is 10.00. The molecule has 2 aliphatic heterocycles. The summed E-state index contributed by atoms with van der Waals surface area (Å²) in [6.07, 6.45) is 11.6. The van der Waals surface area contributed by atoms with Gasteiger partial charge in [0, 0.05) is 37.6 Å². The molecular formula is C34H38N6O3. The number of aromatic nitrogens is 1. The van der Waals surface area contributed by atoms with Gasteiger partial charge in [0.25, 0.3) is 0 Å². The second-order valence-corrected chi connectivity index (χ2v) is 11.5. The SMILES string of the molecule is CCCN(C(=O)NCC1C=CC=CC1)N1CC(=O)N2[C@@H](Cc3ccccc3)C(=O)N(Cc3ccc4cccnc4c3)C[C@@H]21. The van der Waals surface area contributed by atoms with Crippen molar-refractivity contribution in [1.29, 1.82) is 0 Å². The summed E-state index contributed by atoms with van der Waals surface area (Å²) in [7, 11) is 0. The highest BCUT2D eigenvalue weighted by Gasteiger charge is 2.52. The first kappa shape index (κ1) is 28.6. The van der Waals surface area contributed by atoms with Gasteiger partial charge in [-0.1, -0.05) is 79.8 Å². The minimum absolute atomic E-state index is 0.0520. The smallest absolute Gasteiger partial charge is 0.332 e. The molecule has 1 unspecified atom stereocenters. The van der Waals surface area contributed by atoms with E-state index in [2.05, 4.69) is 22.5 Å². The molecule has 2 saturated heterocycles. The fourth-order valence-electron chi connectivity index (χ4n) is 6.31. The van der Waals surface area contributed by atoms with Gasteiger partial charge in [0.1, 0.15) is 12.2 Å². The van der Waals surface area contributed by atoms with Crippen LogP contribution in [-0.4, -0.2) is 81.0 Å². The largest absolute Gasteiger partial charge is 0.336 e. The minimum Gasteiger partial charge on any atom is -0.336 e. The van der Waals surface area contributed by atoms with Gasteiger partial charge in [-0.3, -0.25) is 19.6 Å². The molecule has 3 heterocycles. The fraction of sp³-hybridized carbons (Fsp3) is 0.353. The van der Waals surface area contributed by atoms with E-state index in [0.717, 1.165) is 34.9 Å². The second-order valence-electron chi connectivity index (χ2n) is 11.5. The standard InChI is InChI=1S/C34H38N6O3/c1-2-18-38(34(43)36-21-26-12-7-4-8-13-26)39-24-32(41)40-30(20-25-10-5-3-6-11-25)33(42)37(23-31(39)40)22-27-15-16-28-14-9-17-35-29(28)19-27/h3-12,14-17,19,26,30-31H,2,13,18,20-24H2,1H3,(H,36,43)/t26?,30-,31+/m0/s1. The number of piperazine rings is 1. The third-order valence-corrected chi connectivity index (χ3v) is 8.45. The van der Waals surface area contributed by atoms with Crippen LogP contribution in [0.5, 0.6) is 0 Å². The Labute approximate surface area is 252 Å². The molecule has 9 nitrogen and oxygen atoms in total. The number of hydrogen-bond donors (Lipinski definition) is 1. The molecule has 6 rings (SSSR count). The summed E-state index contributed by atoms with van der Waals surface area (Å²) in [4.78, 5) is 49.4. The Balaban J connectivity index is 1.28. The van der Waals surface area contributed by atoms with Gasteiger partial charge < -0.3 is 15.1 Å². The summed E-state index contributed by atoms with van der Waals surface area (Å²) >= 11 is 0. The topological polar surface area (TPSA) is 89.1 Å². The molecule has 3 aromatic rings. The number of carbonyl (C=O) groups is 3. The number of hydrogen-bond acceptors (Lipinski definition) is 5. The summed E-state index contributed by atoms with van der Waals surface area (Å²) in [6.45, 7) is 3.76. The van der Waals surface area contributed by atoms with Crippen molar-refractivity contribution < 1.29 is 14.4 Å². The molecular weight excluding hydrogens is 540 g/mol. The maximum atomic E-state index is 14.1. The zero-order valence-electron chi connectivity index (χ0n) is 24.5. The molecule has 2 aromatic carbocycles. The van der Waals surface area contributed by atoms with Crippen LogP contribution in [0.3, 0.4) is 0 Å². The zero-order chi connectivity index (χ0) is 29.8. The highest BCUT2D eigenvalue weighted by molar-refractivity contribution is 5.92. The fourth-order valence-corrected chi connectivity index (χ4v) is 6.31. The van der Waals surface area contributed by atoms with Crippen molar-refractivity contribution in [1.82, 2.24) is 30.1 Å². The van der Waals surface area contributed by atoms with Crippen molar-refractivity contribution >= 4 is 28.7 Å². The normalized spacial score (nSPS) is 21.8. The number of amides is 4. The minimum atomic E-state index is -0.664. The Morgan fingerprint density at radius 1 is 1.05 bits per heavy atom. The Bertz CT molecular complexity index is 1540. The average molecular weight is 579 g/mol. The summed E-state index contributed by atoms with van der Waals surface area (Å²) in [6, 6.07) is 18.9. The number of nitrogens with zero attached hydrogens (tertiary/aromatic N) is 5. The number of rotatable bonds is 9. The number of allylic oxidation sites excluding steroid dienone is 3. The van der Waals surface area contributed by atoms with E-state index in [4.69, 9.17) is 0 Å². The van der Waals surface area contributed by atoms with Crippen molar-refractivity contribution in [3.63, 3.8) is 0 Å². The van der Waals surface area contributed by atoms with Gasteiger partial charge in [-0.2, -0.15) is 5.01 Å². The molecule has 9 heteroatoms. The summed E-state index contributed by atoms with van der Waals surface area (Å²) in [5, 5.41) is 7.69. The van der Waals surface area contributed by atoms with Crippen LogP contribution in [0, 0.1) is 5.92 Å².